The highest BCUT2D eigenvalue weighted by atomic mass is 16.5. The van der Waals surface area contributed by atoms with E-state index in [0.29, 0.717) is 5.92 Å². The van der Waals surface area contributed by atoms with Crippen molar-refractivity contribution in [2.75, 3.05) is 6.61 Å². The first-order chi connectivity index (χ1) is 9.63. The minimum atomic E-state index is -0.0175. The predicted octanol–water partition coefficient (Wildman–Crippen LogP) is 4.67. The van der Waals surface area contributed by atoms with Crippen LogP contribution in [0.15, 0.2) is 36.4 Å². The molecular formula is C18H25NO. The van der Waals surface area contributed by atoms with Crippen LogP contribution in [0.4, 0.5) is 0 Å². The molecule has 0 aliphatic rings. The van der Waals surface area contributed by atoms with Gasteiger partial charge in [0.1, 0.15) is 5.75 Å². The van der Waals surface area contributed by atoms with E-state index in [0.717, 1.165) is 23.3 Å². The third kappa shape index (κ3) is 3.31. The Morgan fingerprint density at radius 1 is 1.10 bits per heavy atom. The molecule has 2 N–H and O–H groups in total. The lowest BCUT2D eigenvalue weighted by Crippen LogP contribution is -2.12. The van der Waals surface area contributed by atoms with Crippen LogP contribution >= 0.6 is 0 Å². The number of benzene rings is 2. The van der Waals surface area contributed by atoms with Gasteiger partial charge < -0.3 is 10.5 Å². The van der Waals surface area contributed by atoms with E-state index >= 15 is 0 Å². The first-order valence-electron chi connectivity index (χ1n) is 7.53. The molecule has 2 atom stereocenters. The second-order valence-corrected chi connectivity index (χ2v) is 5.70. The zero-order valence-electron chi connectivity index (χ0n) is 12.7. The molecule has 0 radical (unpaired) electrons. The van der Waals surface area contributed by atoms with Gasteiger partial charge in [-0.1, -0.05) is 56.7 Å². The summed E-state index contributed by atoms with van der Waals surface area (Å²) in [5.74, 6) is 1.53. The summed E-state index contributed by atoms with van der Waals surface area (Å²) in [5, 5.41) is 2.36. The molecule has 0 saturated carbocycles. The minimum Gasteiger partial charge on any atom is -0.492 e. The van der Waals surface area contributed by atoms with Gasteiger partial charge in [-0.05, 0) is 24.6 Å². The molecule has 2 nitrogen and oxygen atoms in total. The van der Waals surface area contributed by atoms with Gasteiger partial charge in [0.15, 0.2) is 0 Å². The van der Waals surface area contributed by atoms with Crippen molar-refractivity contribution in [1.29, 1.82) is 0 Å². The Hall–Kier alpha value is -1.54. The lowest BCUT2D eigenvalue weighted by atomic mass is 10.0. The third-order valence-electron chi connectivity index (χ3n) is 3.69. The van der Waals surface area contributed by atoms with Gasteiger partial charge in [-0.15, -0.1) is 0 Å². The van der Waals surface area contributed by atoms with Crippen LogP contribution in [-0.2, 0) is 0 Å². The molecule has 0 saturated heterocycles. The third-order valence-corrected chi connectivity index (χ3v) is 3.69. The SMILES string of the molecule is CCCC(C)COc1c([C@H](C)N)ccc2ccccc12. The van der Waals surface area contributed by atoms with Crippen LogP contribution in [0.2, 0.25) is 0 Å². The van der Waals surface area contributed by atoms with Crippen LogP contribution in [0.3, 0.4) is 0 Å². The number of rotatable bonds is 6. The van der Waals surface area contributed by atoms with Gasteiger partial charge in [-0.2, -0.15) is 0 Å². The molecule has 20 heavy (non-hydrogen) atoms. The fourth-order valence-corrected chi connectivity index (χ4v) is 2.58. The van der Waals surface area contributed by atoms with Crippen molar-refractivity contribution in [1.82, 2.24) is 0 Å². The molecular weight excluding hydrogens is 246 g/mol. The van der Waals surface area contributed by atoms with Crippen molar-refractivity contribution in [3.8, 4) is 5.75 Å². The Morgan fingerprint density at radius 3 is 2.55 bits per heavy atom. The summed E-state index contributed by atoms with van der Waals surface area (Å²) < 4.78 is 6.15. The van der Waals surface area contributed by atoms with Crippen molar-refractivity contribution in [2.45, 2.75) is 39.7 Å². The Morgan fingerprint density at radius 2 is 1.85 bits per heavy atom. The highest BCUT2D eigenvalue weighted by molar-refractivity contribution is 5.89. The quantitative estimate of drug-likeness (QED) is 0.828. The zero-order chi connectivity index (χ0) is 14.5. The van der Waals surface area contributed by atoms with Crippen molar-refractivity contribution in [3.05, 3.63) is 42.0 Å². The normalized spacial score (nSPS) is 14.2. The molecule has 2 rings (SSSR count). The highest BCUT2D eigenvalue weighted by Crippen LogP contribution is 2.33. The number of hydrogen-bond acceptors (Lipinski definition) is 2. The molecule has 2 aromatic rings. The van der Waals surface area contributed by atoms with Gasteiger partial charge >= 0.3 is 0 Å². The average Bonchev–Trinajstić information content (AvgIpc) is 2.44. The first-order valence-corrected chi connectivity index (χ1v) is 7.53. The second kappa shape index (κ2) is 6.76. The monoisotopic (exact) mass is 271 g/mol. The molecule has 0 aromatic heterocycles. The molecule has 0 bridgehead atoms. The molecule has 2 aromatic carbocycles. The molecule has 0 heterocycles. The lowest BCUT2D eigenvalue weighted by Gasteiger charge is -2.19. The number of hydrogen-bond donors (Lipinski definition) is 1. The van der Waals surface area contributed by atoms with E-state index in [9.17, 15) is 0 Å². The first kappa shape index (κ1) is 14.9. The molecule has 0 fully saturated rings. The Kier molecular flexibility index (Phi) is 5.02. The van der Waals surface area contributed by atoms with E-state index < -0.39 is 0 Å². The molecule has 1 unspecified atom stereocenters. The van der Waals surface area contributed by atoms with Crippen LogP contribution < -0.4 is 10.5 Å². The van der Waals surface area contributed by atoms with Crippen molar-refractivity contribution in [3.63, 3.8) is 0 Å². The van der Waals surface area contributed by atoms with E-state index in [2.05, 4.69) is 50.2 Å². The number of fused-ring (bicyclic) bond motifs is 1. The number of nitrogens with two attached hydrogens (primary N) is 1. The topological polar surface area (TPSA) is 35.2 Å². The molecule has 108 valence electrons. The van der Waals surface area contributed by atoms with E-state index in [1.165, 1.54) is 18.2 Å². The van der Waals surface area contributed by atoms with Crippen LogP contribution in [-0.4, -0.2) is 6.61 Å². The Balaban J connectivity index is 2.34. The van der Waals surface area contributed by atoms with Gasteiger partial charge in [0, 0.05) is 17.0 Å². The summed E-state index contributed by atoms with van der Waals surface area (Å²) in [5.41, 5.74) is 7.18. The average molecular weight is 271 g/mol. The largest absolute Gasteiger partial charge is 0.492 e. The zero-order valence-corrected chi connectivity index (χ0v) is 12.7. The molecule has 0 aliphatic heterocycles. The Labute approximate surface area is 121 Å². The second-order valence-electron chi connectivity index (χ2n) is 5.70. The smallest absolute Gasteiger partial charge is 0.131 e. The van der Waals surface area contributed by atoms with Gasteiger partial charge in [-0.3, -0.25) is 0 Å². The summed E-state index contributed by atoms with van der Waals surface area (Å²) in [6.45, 7) is 7.20. The summed E-state index contributed by atoms with van der Waals surface area (Å²) in [6.07, 6.45) is 2.39. The fraction of sp³-hybridized carbons (Fsp3) is 0.444. The summed E-state index contributed by atoms with van der Waals surface area (Å²) in [6, 6.07) is 12.5. The van der Waals surface area contributed by atoms with E-state index in [-0.39, 0.29) is 6.04 Å². The summed E-state index contributed by atoms with van der Waals surface area (Å²) >= 11 is 0. The predicted molar refractivity (Wildman–Crippen MR) is 86.1 cm³/mol. The van der Waals surface area contributed by atoms with E-state index in [1.807, 2.05) is 6.92 Å². The standard InChI is InChI=1S/C18H25NO/c1-4-7-13(2)12-20-18-16(14(3)19)11-10-15-8-5-6-9-17(15)18/h5-6,8-11,13-14H,4,7,12,19H2,1-3H3/t13?,14-/m0/s1. The number of ether oxygens (including phenoxy) is 1. The van der Waals surface area contributed by atoms with Gasteiger partial charge in [-0.25, -0.2) is 0 Å². The maximum atomic E-state index is 6.15. The van der Waals surface area contributed by atoms with Crippen LogP contribution in [0.25, 0.3) is 10.8 Å². The van der Waals surface area contributed by atoms with Crippen molar-refractivity contribution < 1.29 is 4.74 Å². The van der Waals surface area contributed by atoms with Crippen molar-refractivity contribution in [2.24, 2.45) is 11.7 Å². The van der Waals surface area contributed by atoms with Crippen molar-refractivity contribution >= 4 is 10.8 Å². The minimum absolute atomic E-state index is 0.0175. The van der Waals surface area contributed by atoms with Crippen LogP contribution in [0.5, 0.6) is 5.75 Å². The maximum Gasteiger partial charge on any atom is 0.131 e. The highest BCUT2D eigenvalue weighted by Gasteiger charge is 2.13. The molecule has 0 amide bonds. The van der Waals surface area contributed by atoms with E-state index in [1.54, 1.807) is 0 Å². The molecule has 0 spiro atoms. The van der Waals surface area contributed by atoms with Crippen LogP contribution in [0.1, 0.15) is 45.2 Å². The van der Waals surface area contributed by atoms with Crippen LogP contribution in [0, 0.1) is 5.92 Å². The lowest BCUT2D eigenvalue weighted by molar-refractivity contribution is 0.251. The van der Waals surface area contributed by atoms with Gasteiger partial charge in [0.25, 0.3) is 0 Å². The summed E-state index contributed by atoms with van der Waals surface area (Å²) in [4.78, 5) is 0. The van der Waals surface area contributed by atoms with Gasteiger partial charge in [0.05, 0.1) is 6.61 Å². The molecule has 2 heteroatoms. The fourth-order valence-electron chi connectivity index (χ4n) is 2.58. The summed E-state index contributed by atoms with van der Waals surface area (Å²) in [7, 11) is 0. The maximum absolute atomic E-state index is 6.15. The molecule has 0 aliphatic carbocycles. The van der Waals surface area contributed by atoms with Gasteiger partial charge in [0.2, 0.25) is 0 Å². The van der Waals surface area contributed by atoms with E-state index in [4.69, 9.17) is 10.5 Å². The Bertz CT molecular complexity index is 562.